The zero-order chi connectivity index (χ0) is 13.0. The molecular formula is C12H14F2N2O2. The Kier molecular flexibility index (Phi) is 4.22. The van der Waals surface area contributed by atoms with Crippen molar-refractivity contribution in [1.82, 2.24) is 5.32 Å². The summed E-state index contributed by atoms with van der Waals surface area (Å²) in [5, 5.41) is 5.59. The minimum Gasteiger partial charge on any atom is -0.366 e. The molecule has 1 aliphatic rings. The first-order valence-electron chi connectivity index (χ1n) is 5.68. The normalized spacial score (nSPS) is 19.8. The van der Waals surface area contributed by atoms with E-state index in [-0.39, 0.29) is 11.5 Å². The topological polar surface area (TPSA) is 50.4 Å². The van der Waals surface area contributed by atoms with Gasteiger partial charge in [-0.3, -0.25) is 4.79 Å². The van der Waals surface area contributed by atoms with Gasteiger partial charge in [-0.25, -0.2) is 8.78 Å². The molecule has 1 fully saturated rings. The Bertz CT molecular complexity index is 420. The average Bonchev–Trinajstić information content (AvgIpc) is 2.40. The Labute approximate surface area is 103 Å². The standard InChI is InChI=1S/C12H14F2N2O2/c13-11(14)8-2-1-3-9(6-8)16-12(17)10-7-15-4-5-18-10/h1-3,6,10-11,15H,4-5,7H2,(H,16,17). The molecule has 18 heavy (non-hydrogen) atoms. The minimum absolute atomic E-state index is 0.115. The van der Waals surface area contributed by atoms with Gasteiger partial charge < -0.3 is 15.4 Å². The van der Waals surface area contributed by atoms with Crippen molar-refractivity contribution in [3.63, 3.8) is 0 Å². The summed E-state index contributed by atoms with van der Waals surface area (Å²) < 4.78 is 30.3. The van der Waals surface area contributed by atoms with Gasteiger partial charge in [0.25, 0.3) is 12.3 Å². The van der Waals surface area contributed by atoms with E-state index < -0.39 is 12.5 Å². The van der Waals surface area contributed by atoms with Crippen LogP contribution in [-0.2, 0) is 9.53 Å². The fraction of sp³-hybridized carbons (Fsp3) is 0.417. The van der Waals surface area contributed by atoms with E-state index in [1.54, 1.807) is 6.07 Å². The van der Waals surface area contributed by atoms with Crippen LogP contribution in [0.2, 0.25) is 0 Å². The Balaban J connectivity index is 1.99. The average molecular weight is 256 g/mol. The van der Waals surface area contributed by atoms with Crippen molar-refractivity contribution in [3.05, 3.63) is 29.8 Å². The first-order valence-corrected chi connectivity index (χ1v) is 5.68. The summed E-state index contributed by atoms with van der Waals surface area (Å²) in [6, 6.07) is 5.63. The predicted octanol–water partition coefficient (Wildman–Crippen LogP) is 1.55. The molecule has 1 atom stereocenters. The van der Waals surface area contributed by atoms with Crippen LogP contribution in [0.1, 0.15) is 12.0 Å². The van der Waals surface area contributed by atoms with E-state index in [2.05, 4.69) is 10.6 Å². The van der Waals surface area contributed by atoms with Crippen LogP contribution in [0.4, 0.5) is 14.5 Å². The Morgan fingerprint density at radius 3 is 3.00 bits per heavy atom. The van der Waals surface area contributed by atoms with Crippen molar-refractivity contribution in [2.75, 3.05) is 25.0 Å². The number of morpholine rings is 1. The van der Waals surface area contributed by atoms with Crippen LogP contribution >= 0.6 is 0 Å². The predicted molar refractivity (Wildman–Crippen MR) is 62.6 cm³/mol. The van der Waals surface area contributed by atoms with Gasteiger partial charge in [-0.05, 0) is 12.1 Å². The van der Waals surface area contributed by atoms with E-state index >= 15 is 0 Å². The summed E-state index contributed by atoms with van der Waals surface area (Å²) in [7, 11) is 0. The summed E-state index contributed by atoms with van der Waals surface area (Å²) in [5.74, 6) is -0.325. The molecule has 0 bridgehead atoms. The van der Waals surface area contributed by atoms with Crippen LogP contribution in [0.15, 0.2) is 24.3 Å². The van der Waals surface area contributed by atoms with Gasteiger partial charge >= 0.3 is 0 Å². The van der Waals surface area contributed by atoms with E-state index in [4.69, 9.17) is 4.74 Å². The molecule has 1 aromatic carbocycles. The number of rotatable bonds is 3. The lowest BCUT2D eigenvalue weighted by Crippen LogP contribution is -2.45. The van der Waals surface area contributed by atoms with Gasteiger partial charge in [-0.1, -0.05) is 12.1 Å². The third kappa shape index (κ3) is 3.24. The number of carbonyl (C=O) groups is 1. The lowest BCUT2D eigenvalue weighted by molar-refractivity contribution is -0.128. The van der Waals surface area contributed by atoms with Crippen molar-refractivity contribution in [2.24, 2.45) is 0 Å². The second-order valence-electron chi connectivity index (χ2n) is 3.98. The molecular weight excluding hydrogens is 242 g/mol. The highest BCUT2D eigenvalue weighted by Crippen LogP contribution is 2.21. The smallest absolute Gasteiger partial charge is 0.263 e. The number of halogens is 2. The first kappa shape index (κ1) is 12.9. The van der Waals surface area contributed by atoms with Crippen molar-refractivity contribution < 1.29 is 18.3 Å². The van der Waals surface area contributed by atoms with Gasteiger partial charge in [0.2, 0.25) is 0 Å². The first-order chi connectivity index (χ1) is 8.66. The molecule has 1 aliphatic heterocycles. The molecule has 1 unspecified atom stereocenters. The van der Waals surface area contributed by atoms with Crippen LogP contribution in [-0.4, -0.2) is 31.7 Å². The van der Waals surface area contributed by atoms with E-state index in [9.17, 15) is 13.6 Å². The molecule has 1 heterocycles. The fourth-order valence-corrected chi connectivity index (χ4v) is 1.71. The molecule has 2 N–H and O–H groups in total. The van der Waals surface area contributed by atoms with Gasteiger partial charge in [0.05, 0.1) is 6.61 Å². The summed E-state index contributed by atoms with van der Waals surface area (Å²) >= 11 is 0. The third-order valence-corrected chi connectivity index (χ3v) is 2.63. The van der Waals surface area contributed by atoms with Crippen LogP contribution in [0.3, 0.4) is 0 Å². The number of carbonyl (C=O) groups excluding carboxylic acids is 1. The fourth-order valence-electron chi connectivity index (χ4n) is 1.71. The van der Waals surface area contributed by atoms with E-state index in [1.165, 1.54) is 18.2 Å². The summed E-state index contributed by atoms with van der Waals surface area (Å²) in [6.45, 7) is 1.61. The zero-order valence-corrected chi connectivity index (χ0v) is 9.66. The minimum atomic E-state index is -2.55. The number of nitrogens with one attached hydrogen (secondary N) is 2. The van der Waals surface area contributed by atoms with Gasteiger partial charge in [-0.2, -0.15) is 0 Å². The number of hydrogen-bond donors (Lipinski definition) is 2. The maximum absolute atomic E-state index is 12.5. The number of hydrogen-bond acceptors (Lipinski definition) is 3. The van der Waals surface area contributed by atoms with Gasteiger partial charge in [-0.15, -0.1) is 0 Å². The Morgan fingerprint density at radius 1 is 1.50 bits per heavy atom. The molecule has 6 heteroatoms. The maximum Gasteiger partial charge on any atom is 0.263 e. The van der Waals surface area contributed by atoms with Crippen LogP contribution in [0, 0.1) is 0 Å². The summed E-state index contributed by atoms with van der Waals surface area (Å²) in [4.78, 5) is 11.8. The molecule has 2 rings (SSSR count). The quantitative estimate of drug-likeness (QED) is 0.862. The van der Waals surface area contributed by atoms with Crippen LogP contribution < -0.4 is 10.6 Å². The van der Waals surface area contributed by atoms with Crippen LogP contribution in [0.5, 0.6) is 0 Å². The van der Waals surface area contributed by atoms with Crippen molar-refractivity contribution in [1.29, 1.82) is 0 Å². The van der Waals surface area contributed by atoms with Gasteiger partial charge in [0, 0.05) is 24.3 Å². The molecule has 0 aliphatic carbocycles. The number of alkyl halides is 2. The molecule has 0 aromatic heterocycles. The molecule has 1 aromatic rings. The van der Waals surface area contributed by atoms with Crippen molar-refractivity contribution in [2.45, 2.75) is 12.5 Å². The Hall–Kier alpha value is -1.53. The SMILES string of the molecule is O=C(Nc1cccc(C(F)F)c1)C1CNCCO1. The highest BCUT2D eigenvalue weighted by atomic mass is 19.3. The molecule has 0 saturated carbocycles. The maximum atomic E-state index is 12.5. The number of benzene rings is 1. The second kappa shape index (κ2) is 5.88. The summed E-state index contributed by atoms with van der Waals surface area (Å²) in [5.41, 5.74) is 0.238. The lowest BCUT2D eigenvalue weighted by Gasteiger charge is -2.22. The number of ether oxygens (including phenoxy) is 1. The molecule has 1 amide bonds. The Morgan fingerprint density at radius 2 is 2.33 bits per heavy atom. The number of amides is 1. The van der Waals surface area contributed by atoms with Crippen molar-refractivity contribution >= 4 is 11.6 Å². The second-order valence-corrected chi connectivity index (χ2v) is 3.98. The molecule has 98 valence electrons. The van der Waals surface area contributed by atoms with Gasteiger partial charge in [0.15, 0.2) is 0 Å². The molecule has 1 saturated heterocycles. The summed E-state index contributed by atoms with van der Waals surface area (Å²) in [6.07, 6.45) is -3.12. The number of anilines is 1. The monoisotopic (exact) mass is 256 g/mol. The zero-order valence-electron chi connectivity index (χ0n) is 9.66. The highest BCUT2D eigenvalue weighted by molar-refractivity contribution is 5.94. The van der Waals surface area contributed by atoms with E-state index in [1.807, 2.05) is 0 Å². The van der Waals surface area contributed by atoms with Gasteiger partial charge in [0.1, 0.15) is 6.10 Å². The van der Waals surface area contributed by atoms with E-state index in [0.717, 1.165) is 0 Å². The lowest BCUT2D eigenvalue weighted by atomic mass is 10.2. The molecule has 0 spiro atoms. The molecule has 0 radical (unpaired) electrons. The van der Waals surface area contributed by atoms with Crippen LogP contribution in [0.25, 0.3) is 0 Å². The third-order valence-electron chi connectivity index (χ3n) is 2.63. The van der Waals surface area contributed by atoms with E-state index in [0.29, 0.717) is 25.4 Å². The molecule has 4 nitrogen and oxygen atoms in total. The largest absolute Gasteiger partial charge is 0.366 e. The highest BCUT2D eigenvalue weighted by Gasteiger charge is 2.21. The van der Waals surface area contributed by atoms with Crippen molar-refractivity contribution in [3.8, 4) is 0 Å².